The van der Waals surface area contributed by atoms with Crippen molar-refractivity contribution < 1.29 is 0 Å². The van der Waals surface area contributed by atoms with Crippen LogP contribution in [0.3, 0.4) is 0 Å². The highest BCUT2D eigenvalue weighted by Crippen LogP contribution is 2.19. The van der Waals surface area contributed by atoms with Crippen LogP contribution in [-0.2, 0) is 13.6 Å². The standard InChI is InChI=1S/C19H37N7/c1-6-7-11-20-18(21-14-17-24-23-16(2)25(17)5)22-15-19(3,4)26-12-9-8-10-13-26/h6-15H2,1-5H3,(H2,20,21,22). The molecule has 7 nitrogen and oxygen atoms in total. The zero-order valence-corrected chi connectivity index (χ0v) is 17.3. The monoisotopic (exact) mass is 363 g/mol. The summed E-state index contributed by atoms with van der Waals surface area (Å²) in [6, 6.07) is 0. The normalized spacial score (nSPS) is 16.7. The van der Waals surface area contributed by atoms with E-state index in [9.17, 15) is 0 Å². The Morgan fingerprint density at radius 3 is 2.50 bits per heavy atom. The van der Waals surface area contributed by atoms with Crippen molar-refractivity contribution in [3.8, 4) is 0 Å². The lowest BCUT2D eigenvalue weighted by Gasteiger charge is -2.41. The number of nitrogens with one attached hydrogen (secondary N) is 2. The van der Waals surface area contributed by atoms with Gasteiger partial charge in [0.1, 0.15) is 12.4 Å². The van der Waals surface area contributed by atoms with E-state index in [1.807, 2.05) is 18.5 Å². The summed E-state index contributed by atoms with van der Waals surface area (Å²) in [5, 5.41) is 15.3. The molecular formula is C19H37N7. The molecule has 0 bridgehead atoms. The van der Waals surface area contributed by atoms with Gasteiger partial charge in [-0.25, -0.2) is 4.99 Å². The molecule has 0 unspecified atom stereocenters. The van der Waals surface area contributed by atoms with Gasteiger partial charge in [0.2, 0.25) is 0 Å². The predicted molar refractivity (Wildman–Crippen MR) is 107 cm³/mol. The van der Waals surface area contributed by atoms with Crippen LogP contribution in [0.2, 0.25) is 0 Å². The fourth-order valence-corrected chi connectivity index (χ4v) is 3.21. The quantitative estimate of drug-likeness (QED) is 0.421. The lowest BCUT2D eigenvalue weighted by molar-refractivity contribution is 0.0982. The zero-order chi connectivity index (χ0) is 19.0. The van der Waals surface area contributed by atoms with Crippen molar-refractivity contribution in [1.82, 2.24) is 30.3 Å². The molecule has 148 valence electrons. The van der Waals surface area contributed by atoms with E-state index in [-0.39, 0.29) is 5.54 Å². The second-order valence-electron chi connectivity index (χ2n) is 7.88. The van der Waals surface area contributed by atoms with Crippen molar-refractivity contribution in [2.45, 2.75) is 71.9 Å². The van der Waals surface area contributed by atoms with Crippen molar-refractivity contribution in [3.63, 3.8) is 0 Å². The van der Waals surface area contributed by atoms with Crippen LogP contribution in [-0.4, -0.2) is 57.3 Å². The Bertz CT molecular complexity index is 570. The molecule has 7 heteroatoms. The molecule has 1 aliphatic heterocycles. The molecule has 0 amide bonds. The first kappa shape index (κ1) is 20.7. The molecule has 0 saturated carbocycles. The lowest BCUT2D eigenvalue weighted by Crippen LogP contribution is -2.55. The van der Waals surface area contributed by atoms with E-state index in [1.54, 1.807) is 0 Å². The number of piperidine rings is 1. The van der Waals surface area contributed by atoms with Crippen LogP contribution < -0.4 is 10.6 Å². The molecule has 0 aromatic carbocycles. The van der Waals surface area contributed by atoms with Crippen LogP contribution >= 0.6 is 0 Å². The lowest BCUT2D eigenvalue weighted by atomic mass is 9.98. The van der Waals surface area contributed by atoms with Gasteiger partial charge in [-0.15, -0.1) is 10.2 Å². The molecular weight excluding hydrogens is 326 g/mol. The van der Waals surface area contributed by atoms with Crippen LogP contribution in [0.25, 0.3) is 0 Å². The third-order valence-corrected chi connectivity index (χ3v) is 5.28. The average Bonchev–Trinajstić information content (AvgIpc) is 2.96. The van der Waals surface area contributed by atoms with Gasteiger partial charge in [-0.1, -0.05) is 19.8 Å². The molecule has 2 heterocycles. The second-order valence-corrected chi connectivity index (χ2v) is 7.88. The van der Waals surface area contributed by atoms with Gasteiger partial charge in [-0.3, -0.25) is 4.90 Å². The van der Waals surface area contributed by atoms with E-state index < -0.39 is 0 Å². The Kier molecular flexibility index (Phi) is 7.87. The summed E-state index contributed by atoms with van der Waals surface area (Å²) >= 11 is 0. The van der Waals surface area contributed by atoms with Gasteiger partial charge in [0.05, 0.1) is 0 Å². The number of aromatic nitrogens is 3. The summed E-state index contributed by atoms with van der Waals surface area (Å²) < 4.78 is 1.99. The maximum Gasteiger partial charge on any atom is 0.191 e. The van der Waals surface area contributed by atoms with E-state index >= 15 is 0 Å². The SMILES string of the molecule is CCCCNC(=NCc1nnc(C)n1C)NCC(C)(C)N1CCCCC1. The molecule has 1 aromatic rings. The minimum Gasteiger partial charge on any atom is -0.356 e. The van der Waals surface area contributed by atoms with Gasteiger partial charge >= 0.3 is 0 Å². The Hall–Kier alpha value is -1.63. The maximum absolute atomic E-state index is 4.74. The van der Waals surface area contributed by atoms with Crippen molar-refractivity contribution in [2.75, 3.05) is 26.2 Å². The van der Waals surface area contributed by atoms with E-state index in [0.717, 1.165) is 37.1 Å². The smallest absolute Gasteiger partial charge is 0.191 e. The fourth-order valence-electron chi connectivity index (χ4n) is 3.21. The Labute approximate surface area is 158 Å². The highest BCUT2D eigenvalue weighted by molar-refractivity contribution is 5.79. The van der Waals surface area contributed by atoms with Crippen LogP contribution in [0.5, 0.6) is 0 Å². The summed E-state index contributed by atoms with van der Waals surface area (Å²) in [7, 11) is 1.98. The van der Waals surface area contributed by atoms with Crippen molar-refractivity contribution >= 4 is 5.96 Å². The number of rotatable bonds is 8. The van der Waals surface area contributed by atoms with Gasteiger partial charge in [0.25, 0.3) is 0 Å². The highest BCUT2D eigenvalue weighted by Gasteiger charge is 2.27. The molecule has 0 radical (unpaired) electrons. The van der Waals surface area contributed by atoms with Crippen molar-refractivity contribution in [3.05, 3.63) is 11.6 Å². The van der Waals surface area contributed by atoms with Gasteiger partial charge in [0.15, 0.2) is 11.8 Å². The van der Waals surface area contributed by atoms with Crippen molar-refractivity contribution in [1.29, 1.82) is 0 Å². The van der Waals surface area contributed by atoms with Gasteiger partial charge < -0.3 is 15.2 Å². The van der Waals surface area contributed by atoms with E-state index in [2.05, 4.69) is 46.5 Å². The highest BCUT2D eigenvalue weighted by atomic mass is 15.3. The molecule has 1 fully saturated rings. The van der Waals surface area contributed by atoms with Gasteiger partial charge in [0, 0.05) is 25.7 Å². The van der Waals surface area contributed by atoms with Crippen LogP contribution in [0, 0.1) is 6.92 Å². The summed E-state index contributed by atoms with van der Waals surface area (Å²) in [5.74, 6) is 2.66. The van der Waals surface area contributed by atoms with Crippen LogP contribution in [0.1, 0.15) is 64.5 Å². The molecule has 1 saturated heterocycles. The third kappa shape index (κ3) is 5.97. The molecule has 2 rings (SSSR count). The number of nitrogens with zero attached hydrogens (tertiary/aromatic N) is 5. The number of hydrogen-bond donors (Lipinski definition) is 2. The van der Waals surface area contributed by atoms with Crippen LogP contribution in [0.15, 0.2) is 4.99 Å². The molecule has 0 aliphatic carbocycles. The topological polar surface area (TPSA) is 70.4 Å². The predicted octanol–water partition coefficient (Wildman–Crippen LogP) is 2.22. The number of unbranched alkanes of at least 4 members (excludes halogenated alkanes) is 1. The Balaban J connectivity index is 1.96. The van der Waals surface area contributed by atoms with Crippen LogP contribution in [0.4, 0.5) is 0 Å². The van der Waals surface area contributed by atoms with Gasteiger partial charge in [-0.05, 0) is 53.1 Å². The van der Waals surface area contributed by atoms with E-state index in [1.165, 1.54) is 38.8 Å². The molecule has 1 aromatic heterocycles. The Morgan fingerprint density at radius 1 is 1.15 bits per heavy atom. The third-order valence-electron chi connectivity index (χ3n) is 5.28. The second kappa shape index (κ2) is 9.90. The van der Waals surface area contributed by atoms with E-state index in [0.29, 0.717) is 6.54 Å². The molecule has 0 spiro atoms. The first-order valence-electron chi connectivity index (χ1n) is 10.1. The summed E-state index contributed by atoms with van der Waals surface area (Å²) in [5.41, 5.74) is 0.120. The fraction of sp³-hybridized carbons (Fsp3) is 0.842. The zero-order valence-electron chi connectivity index (χ0n) is 17.3. The van der Waals surface area contributed by atoms with Gasteiger partial charge in [-0.2, -0.15) is 0 Å². The number of aliphatic imine (C=N–C) groups is 1. The minimum atomic E-state index is 0.120. The minimum absolute atomic E-state index is 0.120. The summed E-state index contributed by atoms with van der Waals surface area (Å²) in [6.45, 7) is 13.5. The first-order chi connectivity index (χ1) is 12.4. The molecule has 26 heavy (non-hydrogen) atoms. The molecule has 1 aliphatic rings. The molecule has 0 atom stereocenters. The number of hydrogen-bond acceptors (Lipinski definition) is 4. The summed E-state index contributed by atoms with van der Waals surface area (Å²) in [4.78, 5) is 7.34. The number of guanidine groups is 1. The molecule has 2 N–H and O–H groups in total. The Morgan fingerprint density at radius 2 is 1.88 bits per heavy atom. The van der Waals surface area contributed by atoms with Crippen molar-refractivity contribution in [2.24, 2.45) is 12.0 Å². The van der Waals surface area contributed by atoms with E-state index in [4.69, 9.17) is 4.99 Å². The average molecular weight is 364 g/mol. The first-order valence-corrected chi connectivity index (χ1v) is 10.1. The largest absolute Gasteiger partial charge is 0.356 e. The number of aryl methyl sites for hydroxylation is 1. The maximum atomic E-state index is 4.74. The summed E-state index contributed by atoms with van der Waals surface area (Å²) in [6.07, 6.45) is 6.29. The number of likely N-dealkylation sites (tertiary alicyclic amines) is 1.